The van der Waals surface area contributed by atoms with Crippen molar-refractivity contribution in [3.05, 3.63) is 35.4 Å². The molecule has 5 heteroatoms. The summed E-state index contributed by atoms with van der Waals surface area (Å²) in [4.78, 5) is 27.1. The molecule has 2 amide bonds. The van der Waals surface area contributed by atoms with Gasteiger partial charge in [0.05, 0.1) is 11.0 Å². The van der Waals surface area contributed by atoms with Crippen LogP contribution >= 0.6 is 0 Å². The lowest BCUT2D eigenvalue weighted by Gasteiger charge is -2.59. The molecule has 1 heterocycles. The zero-order valence-corrected chi connectivity index (χ0v) is 15.5. The predicted octanol–water partition coefficient (Wildman–Crippen LogP) is 2.83. The molecule has 1 aromatic rings. The maximum absolute atomic E-state index is 13.0. The first kappa shape index (κ1) is 16.0. The van der Waals surface area contributed by atoms with Crippen molar-refractivity contribution in [1.29, 1.82) is 0 Å². The number of hydrogen-bond donors (Lipinski definition) is 2. The number of nitrogens with zero attached hydrogens (tertiary/aromatic N) is 1. The standard InChI is InChI=1S/C22H26N2O3/c25-19(26)21-7-13-5-16(8-21)18(17(6-13)9-21)24-12-22(23-20(24)27)10-14-3-1-2-4-15(14)11-22/h1-4,13,16-18H,5-12H2,(H,23,27)(H,25,26). The molecule has 5 nitrogen and oxygen atoms in total. The van der Waals surface area contributed by atoms with E-state index in [1.54, 1.807) is 0 Å². The Bertz CT molecular complexity index is 809. The van der Waals surface area contributed by atoms with Gasteiger partial charge in [-0.15, -0.1) is 0 Å². The summed E-state index contributed by atoms with van der Waals surface area (Å²) >= 11 is 0. The van der Waals surface area contributed by atoms with Gasteiger partial charge in [0.2, 0.25) is 0 Å². The van der Waals surface area contributed by atoms with Crippen molar-refractivity contribution < 1.29 is 14.7 Å². The summed E-state index contributed by atoms with van der Waals surface area (Å²) in [7, 11) is 0. The monoisotopic (exact) mass is 366 g/mol. The summed E-state index contributed by atoms with van der Waals surface area (Å²) in [6.45, 7) is 0.767. The lowest BCUT2D eigenvalue weighted by Crippen LogP contribution is -2.61. The number of carboxylic acids is 1. The maximum Gasteiger partial charge on any atom is 0.318 e. The molecule has 2 N–H and O–H groups in total. The Morgan fingerprint density at radius 2 is 1.70 bits per heavy atom. The number of carbonyl (C=O) groups is 2. The minimum absolute atomic E-state index is 0.0738. The number of carbonyl (C=O) groups excluding carboxylic acids is 1. The van der Waals surface area contributed by atoms with Crippen LogP contribution in [0.4, 0.5) is 4.79 Å². The third-order valence-corrected chi connectivity index (χ3v) is 8.32. The number of amides is 2. The van der Waals surface area contributed by atoms with E-state index >= 15 is 0 Å². The Balaban J connectivity index is 1.28. The fourth-order valence-corrected chi connectivity index (χ4v) is 7.64. The molecule has 4 bridgehead atoms. The summed E-state index contributed by atoms with van der Waals surface area (Å²) < 4.78 is 0. The lowest BCUT2D eigenvalue weighted by molar-refractivity contribution is -0.170. The Morgan fingerprint density at radius 1 is 1.07 bits per heavy atom. The van der Waals surface area contributed by atoms with Gasteiger partial charge >= 0.3 is 12.0 Å². The van der Waals surface area contributed by atoms with Crippen molar-refractivity contribution in [2.45, 2.75) is 56.5 Å². The van der Waals surface area contributed by atoms with E-state index in [0.717, 1.165) is 51.5 Å². The molecule has 2 unspecified atom stereocenters. The molecule has 4 saturated carbocycles. The van der Waals surface area contributed by atoms with Crippen LogP contribution in [0.15, 0.2) is 24.3 Å². The number of aliphatic carboxylic acids is 1. The van der Waals surface area contributed by atoms with Crippen LogP contribution in [0.1, 0.15) is 43.2 Å². The second-order valence-electron chi connectivity index (χ2n) is 10.0. The smallest absolute Gasteiger partial charge is 0.318 e. The molecule has 0 aromatic heterocycles. The highest BCUT2D eigenvalue weighted by molar-refractivity contribution is 5.79. The molecule has 1 aromatic carbocycles. The normalized spacial score (nSPS) is 40.4. The number of fused-ring (bicyclic) bond motifs is 1. The van der Waals surface area contributed by atoms with Gasteiger partial charge in [0, 0.05) is 12.6 Å². The van der Waals surface area contributed by atoms with E-state index in [9.17, 15) is 14.7 Å². The van der Waals surface area contributed by atoms with Crippen molar-refractivity contribution in [3.63, 3.8) is 0 Å². The number of urea groups is 1. The quantitative estimate of drug-likeness (QED) is 0.846. The number of hydrogen-bond acceptors (Lipinski definition) is 2. The van der Waals surface area contributed by atoms with E-state index in [1.807, 2.05) is 0 Å². The number of nitrogens with one attached hydrogen (secondary N) is 1. The fourth-order valence-electron chi connectivity index (χ4n) is 7.64. The van der Waals surface area contributed by atoms with Gasteiger partial charge in [0.15, 0.2) is 0 Å². The molecule has 2 atom stereocenters. The summed E-state index contributed by atoms with van der Waals surface area (Å²) in [5, 5.41) is 13.2. The van der Waals surface area contributed by atoms with Crippen LogP contribution in [0.2, 0.25) is 0 Å². The van der Waals surface area contributed by atoms with Gasteiger partial charge in [-0.2, -0.15) is 0 Å². The molecule has 7 rings (SSSR count). The molecule has 5 aliphatic carbocycles. The molecular weight excluding hydrogens is 340 g/mol. The Morgan fingerprint density at radius 3 is 2.30 bits per heavy atom. The minimum Gasteiger partial charge on any atom is -0.481 e. The third kappa shape index (κ3) is 2.11. The SMILES string of the molecule is O=C1NC2(Cc3ccccc3C2)CN1C1C2CC3CC1CC(C(=O)O)(C3)C2. The van der Waals surface area contributed by atoms with Gasteiger partial charge < -0.3 is 15.3 Å². The topological polar surface area (TPSA) is 69.6 Å². The van der Waals surface area contributed by atoms with E-state index < -0.39 is 11.4 Å². The molecule has 5 fully saturated rings. The van der Waals surface area contributed by atoms with Crippen LogP contribution in [0, 0.1) is 23.2 Å². The van der Waals surface area contributed by atoms with E-state index in [0.29, 0.717) is 17.8 Å². The summed E-state index contributed by atoms with van der Waals surface area (Å²) in [6, 6.07) is 8.82. The molecule has 27 heavy (non-hydrogen) atoms. The van der Waals surface area contributed by atoms with Crippen LogP contribution in [-0.4, -0.2) is 40.1 Å². The van der Waals surface area contributed by atoms with Crippen molar-refractivity contribution in [2.75, 3.05) is 6.54 Å². The van der Waals surface area contributed by atoms with Crippen molar-refractivity contribution in [3.8, 4) is 0 Å². The van der Waals surface area contributed by atoms with Crippen LogP contribution in [0.5, 0.6) is 0 Å². The van der Waals surface area contributed by atoms with E-state index in [2.05, 4.69) is 34.5 Å². The molecule has 0 radical (unpaired) electrons. The number of benzene rings is 1. The average molecular weight is 366 g/mol. The second kappa shape index (κ2) is 5.06. The first-order valence-corrected chi connectivity index (χ1v) is 10.4. The van der Waals surface area contributed by atoms with Gasteiger partial charge in [0.1, 0.15) is 0 Å². The van der Waals surface area contributed by atoms with Crippen LogP contribution in [0.3, 0.4) is 0 Å². The highest BCUT2D eigenvalue weighted by Gasteiger charge is 2.62. The van der Waals surface area contributed by atoms with Crippen LogP contribution in [-0.2, 0) is 17.6 Å². The van der Waals surface area contributed by atoms with Gasteiger partial charge in [-0.1, -0.05) is 24.3 Å². The average Bonchev–Trinajstić information content (AvgIpc) is 3.12. The maximum atomic E-state index is 13.0. The van der Waals surface area contributed by atoms with Gasteiger partial charge in [-0.3, -0.25) is 4.79 Å². The highest BCUT2D eigenvalue weighted by atomic mass is 16.4. The lowest BCUT2D eigenvalue weighted by atomic mass is 9.47. The van der Waals surface area contributed by atoms with Crippen LogP contribution < -0.4 is 5.32 Å². The van der Waals surface area contributed by atoms with E-state index in [4.69, 9.17) is 0 Å². The van der Waals surface area contributed by atoms with E-state index in [-0.39, 0.29) is 17.6 Å². The predicted molar refractivity (Wildman–Crippen MR) is 99.2 cm³/mol. The first-order chi connectivity index (χ1) is 13.0. The highest BCUT2D eigenvalue weighted by Crippen LogP contribution is 2.61. The number of carboxylic acid groups (broad SMARTS) is 1. The summed E-state index contributed by atoms with van der Waals surface area (Å²) in [5.41, 5.74) is 2.04. The second-order valence-corrected chi connectivity index (χ2v) is 10.0. The molecule has 6 aliphatic rings. The zero-order valence-electron chi connectivity index (χ0n) is 15.5. The van der Waals surface area contributed by atoms with Crippen molar-refractivity contribution in [2.24, 2.45) is 23.2 Å². The first-order valence-electron chi connectivity index (χ1n) is 10.4. The van der Waals surface area contributed by atoms with Gasteiger partial charge in [-0.25, -0.2) is 4.79 Å². The largest absolute Gasteiger partial charge is 0.481 e. The summed E-state index contributed by atoms with van der Waals surface area (Å²) in [5.74, 6) is 0.660. The zero-order chi connectivity index (χ0) is 18.4. The van der Waals surface area contributed by atoms with Crippen molar-refractivity contribution in [1.82, 2.24) is 10.2 Å². The van der Waals surface area contributed by atoms with Gasteiger partial charge in [0.25, 0.3) is 0 Å². The van der Waals surface area contributed by atoms with E-state index in [1.165, 1.54) is 11.1 Å². The van der Waals surface area contributed by atoms with Crippen LogP contribution in [0.25, 0.3) is 0 Å². The third-order valence-electron chi connectivity index (χ3n) is 8.32. The molecule has 1 aliphatic heterocycles. The molecular formula is C22H26N2O3. The number of rotatable bonds is 2. The van der Waals surface area contributed by atoms with Crippen molar-refractivity contribution >= 4 is 12.0 Å². The fraction of sp³-hybridized carbons (Fsp3) is 0.636. The minimum atomic E-state index is -0.603. The Labute approximate surface area is 159 Å². The van der Waals surface area contributed by atoms with Gasteiger partial charge in [-0.05, 0) is 73.8 Å². The Hall–Kier alpha value is -2.04. The molecule has 1 spiro atoms. The Kier molecular flexibility index (Phi) is 2.99. The molecule has 142 valence electrons. The summed E-state index contributed by atoms with van der Waals surface area (Å²) in [6.07, 6.45) is 6.41. The molecule has 1 saturated heterocycles.